The largest absolute Gasteiger partial charge is 0.494 e. The van der Waals surface area contributed by atoms with Crippen LogP contribution >= 0.6 is 0 Å². The van der Waals surface area contributed by atoms with Crippen LogP contribution in [-0.2, 0) is 6.18 Å². The summed E-state index contributed by atoms with van der Waals surface area (Å²) in [4.78, 5) is 25.7. The maximum Gasteiger partial charge on any atom is 0.417 e. The third-order valence-corrected chi connectivity index (χ3v) is 3.36. The fraction of sp³-hybridized carbons (Fsp3) is 0.294. The van der Waals surface area contributed by atoms with Gasteiger partial charge in [-0.15, -0.1) is 0 Å². The highest BCUT2D eigenvalue weighted by molar-refractivity contribution is 6.04. The summed E-state index contributed by atoms with van der Waals surface area (Å²) in [5, 5.41) is 2.19. The van der Waals surface area contributed by atoms with Crippen LogP contribution in [0.3, 0.4) is 0 Å². The lowest BCUT2D eigenvalue weighted by Crippen LogP contribution is -2.21. The molecule has 0 saturated carbocycles. The Morgan fingerprint density at radius 2 is 1.92 bits per heavy atom. The Labute approximate surface area is 141 Å². The van der Waals surface area contributed by atoms with E-state index in [1.807, 2.05) is 11.9 Å². The number of H-pyrrole nitrogens is 1. The Morgan fingerprint density at radius 3 is 2.52 bits per heavy atom. The lowest BCUT2D eigenvalue weighted by atomic mass is 10.2. The van der Waals surface area contributed by atoms with Crippen molar-refractivity contribution in [1.82, 2.24) is 4.98 Å². The molecule has 1 amide bonds. The third kappa shape index (κ3) is 5.10. The minimum absolute atomic E-state index is 0.194. The van der Waals surface area contributed by atoms with Crippen LogP contribution in [0.1, 0.15) is 35.7 Å². The van der Waals surface area contributed by atoms with Crippen LogP contribution in [0.25, 0.3) is 0 Å². The first kappa shape index (κ1) is 18.6. The first-order valence-electron chi connectivity index (χ1n) is 7.65. The molecule has 0 bridgehead atoms. The van der Waals surface area contributed by atoms with Gasteiger partial charge >= 0.3 is 6.18 Å². The quantitative estimate of drug-likeness (QED) is 0.775. The summed E-state index contributed by atoms with van der Waals surface area (Å²) in [5.41, 5.74) is -2.15. The van der Waals surface area contributed by atoms with Gasteiger partial charge in [0.15, 0.2) is 0 Å². The minimum atomic E-state index is -4.62. The summed E-state index contributed by atoms with van der Waals surface area (Å²) in [5.74, 6) is -0.105. The molecule has 2 N–H and O–H groups in total. The minimum Gasteiger partial charge on any atom is -0.494 e. The van der Waals surface area contributed by atoms with E-state index in [1.165, 1.54) is 12.1 Å². The molecule has 8 heteroatoms. The molecule has 0 radical (unpaired) electrons. The highest BCUT2D eigenvalue weighted by Crippen LogP contribution is 2.29. The van der Waals surface area contributed by atoms with Gasteiger partial charge in [-0.05, 0) is 36.8 Å². The van der Waals surface area contributed by atoms with Crippen LogP contribution in [-0.4, -0.2) is 17.5 Å². The Hall–Kier alpha value is -2.77. The zero-order valence-corrected chi connectivity index (χ0v) is 13.4. The van der Waals surface area contributed by atoms with Crippen LogP contribution < -0.4 is 15.6 Å². The summed E-state index contributed by atoms with van der Waals surface area (Å²) in [6.07, 6.45) is -2.17. The molecule has 2 rings (SSSR count). The van der Waals surface area contributed by atoms with Crippen molar-refractivity contribution in [3.05, 3.63) is 58.0 Å². The SMILES string of the molecule is CCCCOc1ccc(C(=O)Nc2cc(C(F)(F)F)c[nH]c2=O)cc1. The van der Waals surface area contributed by atoms with E-state index in [0.29, 0.717) is 24.6 Å². The molecule has 0 atom stereocenters. The second-order valence-electron chi connectivity index (χ2n) is 5.31. The average molecular weight is 354 g/mol. The molecule has 0 saturated heterocycles. The highest BCUT2D eigenvalue weighted by Gasteiger charge is 2.31. The van der Waals surface area contributed by atoms with Crippen molar-refractivity contribution >= 4 is 11.6 Å². The average Bonchev–Trinajstić information content (AvgIpc) is 2.56. The second-order valence-corrected chi connectivity index (χ2v) is 5.31. The third-order valence-electron chi connectivity index (χ3n) is 3.36. The molecule has 0 aliphatic rings. The Kier molecular flexibility index (Phi) is 5.84. The summed E-state index contributed by atoms with van der Waals surface area (Å²) in [7, 11) is 0. The Morgan fingerprint density at radius 1 is 1.24 bits per heavy atom. The molecule has 134 valence electrons. The number of pyridine rings is 1. The molecule has 5 nitrogen and oxygen atoms in total. The molecule has 0 spiro atoms. The molecule has 0 aliphatic heterocycles. The van der Waals surface area contributed by atoms with E-state index in [1.54, 1.807) is 12.1 Å². The van der Waals surface area contributed by atoms with Gasteiger partial charge in [-0.25, -0.2) is 0 Å². The standard InChI is InChI=1S/C17H17F3N2O3/c1-2-3-8-25-13-6-4-11(5-7-13)15(23)22-14-9-12(17(18,19)20)10-21-16(14)24/h4-7,9-10H,2-3,8H2,1H3,(H,21,24)(H,22,23). The number of aromatic nitrogens is 1. The number of rotatable bonds is 6. The van der Waals surface area contributed by atoms with E-state index in [9.17, 15) is 22.8 Å². The van der Waals surface area contributed by atoms with E-state index in [4.69, 9.17) is 4.74 Å². The van der Waals surface area contributed by atoms with Crippen LogP contribution in [0.2, 0.25) is 0 Å². The van der Waals surface area contributed by atoms with Gasteiger partial charge < -0.3 is 15.0 Å². The molecule has 0 fully saturated rings. The van der Waals surface area contributed by atoms with E-state index in [2.05, 4.69) is 5.32 Å². The summed E-state index contributed by atoms with van der Waals surface area (Å²) < 4.78 is 43.5. The molecular weight excluding hydrogens is 337 g/mol. The number of amides is 1. The van der Waals surface area contributed by atoms with Gasteiger partial charge in [0, 0.05) is 11.8 Å². The zero-order chi connectivity index (χ0) is 18.4. The van der Waals surface area contributed by atoms with E-state index >= 15 is 0 Å². The zero-order valence-electron chi connectivity index (χ0n) is 13.4. The predicted molar refractivity (Wildman–Crippen MR) is 86.9 cm³/mol. The van der Waals surface area contributed by atoms with Gasteiger partial charge in [0.1, 0.15) is 11.4 Å². The van der Waals surface area contributed by atoms with Crippen molar-refractivity contribution in [3.63, 3.8) is 0 Å². The Balaban J connectivity index is 2.10. The molecule has 1 heterocycles. The van der Waals surface area contributed by atoms with Crippen molar-refractivity contribution in [2.75, 3.05) is 11.9 Å². The number of unbranched alkanes of at least 4 members (excludes halogenated alkanes) is 1. The molecule has 1 aromatic carbocycles. The number of carbonyl (C=O) groups excluding carboxylic acids is 1. The second kappa shape index (κ2) is 7.87. The van der Waals surface area contributed by atoms with Crippen LogP contribution in [0, 0.1) is 0 Å². The smallest absolute Gasteiger partial charge is 0.417 e. The summed E-state index contributed by atoms with van der Waals surface area (Å²) >= 11 is 0. The van der Waals surface area contributed by atoms with Gasteiger partial charge in [-0.2, -0.15) is 13.2 Å². The van der Waals surface area contributed by atoms with Crippen LogP contribution in [0.4, 0.5) is 18.9 Å². The Bertz CT molecular complexity index is 783. The fourth-order valence-electron chi connectivity index (χ4n) is 1.97. The van der Waals surface area contributed by atoms with Crippen molar-refractivity contribution in [3.8, 4) is 5.75 Å². The van der Waals surface area contributed by atoms with Gasteiger partial charge in [0.05, 0.1) is 12.2 Å². The maximum absolute atomic E-state index is 12.7. The number of nitrogens with one attached hydrogen (secondary N) is 2. The number of benzene rings is 1. The number of alkyl halides is 3. The number of anilines is 1. The molecule has 2 aromatic rings. The summed E-state index contributed by atoms with van der Waals surface area (Å²) in [6.45, 7) is 2.59. The first-order chi connectivity index (χ1) is 11.8. The number of halogens is 3. The fourth-order valence-corrected chi connectivity index (χ4v) is 1.97. The van der Waals surface area contributed by atoms with Crippen molar-refractivity contribution < 1.29 is 22.7 Å². The number of hydrogen-bond donors (Lipinski definition) is 2. The number of aromatic amines is 1. The van der Waals surface area contributed by atoms with Gasteiger partial charge in [0.2, 0.25) is 0 Å². The van der Waals surface area contributed by atoms with Crippen LogP contribution in [0.5, 0.6) is 5.75 Å². The topological polar surface area (TPSA) is 71.2 Å². The number of carbonyl (C=O) groups is 1. The van der Waals surface area contributed by atoms with Gasteiger partial charge in [-0.3, -0.25) is 9.59 Å². The maximum atomic E-state index is 12.7. The molecular formula is C17H17F3N2O3. The van der Waals surface area contributed by atoms with Crippen LogP contribution in [0.15, 0.2) is 41.3 Å². The van der Waals surface area contributed by atoms with Crippen molar-refractivity contribution in [1.29, 1.82) is 0 Å². The van der Waals surface area contributed by atoms with E-state index < -0.39 is 28.9 Å². The lowest BCUT2D eigenvalue weighted by Gasteiger charge is -2.10. The summed E-state index contributed by atoms with van der Waals surface area (Å²) in [6, 6.07) is 6.71. The monoisotopic (exact) mass is 354 g/mol. The first-order valence-corrected chi connectivity index (χ1v) is 7.65. The van der Waals surface area contributed by atoms with E-state index in [-0.39, 0.29) is 5.56 Å². The molecule has 25 heavy (non-hydrogen) atoms. The van der Waals surface area contributed by atoms with Crippen molar-refractivity contribution in [2.45, 2.75) is 25.9 Å². The normalized spacial score (nSPS) is 11.2. The van der Waals surface area contributed by atoms with Gasteiger partial charge in [0.25, 0.3) is 11.5 Å². The lowest BCUT2D eigenvalue weighted by molar-refractivity contribution is -0.137. The predicted octanol–water partition coefficient (Wildman–Crippen LogP) is 3.82. The molecule has 1 aromatic heterocycles. The van der Waals surface area contributed by atoms with Crippen molar-refractivity contribution in [2.24, 2.45) is 0 Å². The number of ether oxygens (including phenoxy) is 1. The molecule has 0 aliphatic carbocycles. The number of hydrogen-bond acceptors (Lipinski definition) is 3. The molecule has 0 unspecified atom stereocenters. The highest BCUT2D eigenvalue weighted by atomic mass is 19.4. The van der Waals surface area contributed by atoms with Gasteiger partial charge in [-0.1, -0.05) is 13.3 Å². The van der Waals surface area contributed by atoms with E-state index in [0.717, 1.165) is 12.8 Å².